The Morgan fingerprint density at radius 3 is 2.42 bits per heavy atom. The van der Waals surface area contributed by atoms with Crippen LogP contribution in [-0.2, 0) is 19.2 Å². The molecule has 33 heavy (non-hydrogen) atoms. The first kappa shape index (κ1) is 23.9. The number of Topliss-reactive ketones (excluding diaryl/α,β-unsaturated/α-hetero) is 1. The van der Waals surface area contributed by atoms with Gasteiger partial charge in [-0.25, -0.2) is 0 Å². The molecule has 3 rings (SSSR count). The summed E-state index contributed by atoms with van der Waals surface area (Å²) in [5.74, 6) is -2.59. The highest BCUT2D eigenvalue weighted by molar-refractivity contribution is 6.03. The quantitative estimate of drug-likeness (QED) is 0.533. The van der Waals surface area contributed by atoms with E-state index in [9.17, 15) is 19.2 Å². The van der Waals surface area contributed by atoms with Gasteiger partial charge >= 0.3 is 5.97 Å². The van der Waals surface area contributed by atoms with Crippen molar-refractivity contribution in [2.45, 2.75) is 51.8 Å². The van der Waals surface area contributed by atoms with Gasteiger partial charge < -0.3 is 20.6 Å². The van der Waals surface area contributed by atoms with Crippen molar-refractivity contribution >= 4 is 40.1 Å². The molecule has 0 saturated heterocycles. The van der Waals surface area contributed by atoms with Crippen LogP contribution >= 0.6 is 0 Å². The molecule has 2 amide bonds. The average molecular weight is 453 g/mol. The number of benzene rings is 2. The number of nitrogens with one attached hydrogen (secondary N) is 2. The Bertz CT molecular complexity index is 1110. The number of oxime groups is 1. The fourth-order valence-corrected chi connectivity index (χ4v) is 3.65. The minimum absolute atomic E-state index is 0.0319. The number of rotatable bonds is 9. The molecular weight excluding hydrogens is 426 g/mol. The first-order valence-electron chi connectivity index (χ1n) is 10.7. The van der Waals surface area contributed by atoms with E-state index in [0.717, 1.165) is 10.8 Å². The Morgan fingerprint density at radius 1 is 1.09 bits per heavy atom. The van der Waals surface area contributed by atoms with E-state index in [-0.39, 0.29) is 18.2 Å². The van der Waals surface area contributed by atoms with Crippen molar-refractivity contribution in [1.82, 2.24) is 10.6 Å². The number of amides is 2. The van der Waals surface area contributed by atoms with E-state index in [1.807, 2.05) is 50.2 Å². The minimum atomic E-state index is -1.20. The highest BCUT2D eigenvalue weighted by Gasteiger charge is 2.35. The van der Waals surface area contributed by atoms with Gasteiger partial charge in [0.1, 0.15) is 0 Å². The SMILES string of the molecule is CC(=O)[C@H](CC(=O)O)NC(=O)C1CC([C@@H](NC(=O)c2ccc3ccccc3c2)C(C)C)=NO1. The zero-order valence-corrected chi connectivity index (χ0v) is 18.7. The summed E-state index contributed by atoms with van der Waals surface area (Å²) in [5.41, 5.74) is 1.00. The van der Waals surface area contributed by atoms with E-state index in [1.54, 1.807) is 6.07 Å². The molecule has 1 aliphatic rings. The first-order valence-corrected chi connectivity index (χ1v) is 10.7. The predicted octanol–water partition coefficient (Wildman–Crippen LogP) is 2.29. The van der Waals surface area contributed by atoms with Gasteiger partial charge in [0, 0.05) is 12.0 Å². The van der Waals surface area contributed by atoms with Gasteiger partial charge in [0.2, 0.25) is 6.10 Å². The van der Waals surface area contributed by atoms with Crippen LogP contribution in [0.5, 0.6) is 0 Å². The lowest BCUT2D eigenvalue weighted by molar-refractivity contribution is -0.141. The van der Waals surface area contributed by atoms with Crippen LogP contribution < -0.4 is 10.6 Å². The number of fused-ring (bicyclic) bond motifs is 1. The normalized spacial score (nSPS) is 17.1. The largest absolute Gasteiger partial charge is 0.481 e. The molecule has 9 nitrogen and oxygen atoms in total. The van der Waals surface area contributed by atoms with Gasteiger partial charge in [-0.1, -0.05) is 49.3 Å². The highest BCUT2D eigenvalue weighted by atomic mass is 16.6. The standard InChI is InChI=1S/C24H27N3O6/c1-13(2)22(26-23(31)17-9-8-15-6-4-5-7-16(15)10-17)19-11-20(33-27-19)24(32)25-18(14(3)28)12-21(29)30/h4-10,13,18,20,22H,11-12H2,1-3H3,(H,25,32)(H,26,31)(H,29,30)/t18-,20?,22-/m0/s1. The van der Waals surface area contributed by atoms with Crippen molar-refractivity contribution in [2.75, 3.05) is 0 Å². The lowest BCUT2D eigenvalue weighted by Crippen LogP contribution is -2.47. The molecule has 2 aromatic rings. The lowest BCUT2D eigenvalue weighted by Gasteiger charge is -2.22. The maximum absolute atomic E-state index is 12.9. The van der Waals surface area contributed by atoms with Gasteiger partial charge in [-0.3, -0.25) is 19.2 Å². The van der Waals surface area contributed by atoms with Crippen LogP contribution in [0.1, 0.15) is 44.0 Å². The third-order valence-electron chi connectivity index (χ3n) is 5.49. The second-order valence-electron chi connectivity index (χ2n) is 8.41. The summed E-state index contributed by atoms with van der Waals surface area (Å²) in [5, 5.41) is 20.3. The average Bonchev–Trinajstić information content (AvgIpc) is 3.25. The van der Waals surface area contributed by atoms with Crippen molar-refractivity contribution < 1.29 is 29.1 Å². The van der Waals surface area contributed by atoms with E-state index < -0.39 is 42.3 Å². The molecule has 174 valence electrons. The smallest absolute Gasteiger partial charge is 0.305 e. The van der Waals surface area contributed by atoms with Crippen LogP contribution in [0.2, 0.25) is 0 Å². The van der Waals surface area contributed by atoms with Crippen LogP contribution in [0.25, 0.3) is 10.8 Å². The summed E-state index contributed by atoms with van der Waals surface area (Å²) < 4.78 is 0. The number of hydrogen-bond donors (Lipinski definition) is 3. The first-order chi connectivity index (χ1) is 15.7. The number of carbonyl (C=O) groups is 4. The molecular formula is C24H27N3O6. The van der Waals surface area contributed by atoms with Gasteiger partial charge in [-0.15, -0.1) is 0 Å². The minimum Gasteiger partial charge on any atom is -0.481 e. The van der Waals surface area contributed by atoms with Crippen molar-refractivity contribution in [2.24, 2.45) is 11.1 Å². The number of carbonyl (C=O) groups excluding carboxylic acids is 3. The second kappa shape index (κ2) is 10.2. The lowest BCUT2D eigenvalue weighted by atomic mass is 9.95. The number of aliphatic carboxylic acids is 1. The molecule has 1 heterocycles. The van der Waals surface area contributed by atoms with E-state index in [1.165, 1.54) is 6.92 Å². The van der Waals surface area contributed by atoms with E-state index >= 15 is 0 Å². The van der Waals surface area contributed by atoms with Gasteiger partial charge in [0.25, 0.3) is 11.8 Å². The van der Waals surface area contributed by atoms with Crippen molar-refractivity contribution in [1.29, 1.82) is 0 Å². The van der Waals surface area contributed by atoms with Gasteiger partial charge in [-0.05, 0) is 35.7 Å². The van der Waals surface area contributed by atoms with Gasteiger partial charge in [0.05, 0.1) is 24.2 Å². The number of hydrogen-bond acceptors (Lipinski definition) is 6. The van der Waals surface area contributed by atoms with Gasteiger partial charge in [0.15, 0.2) is 5.78 Å². The molecule has 1 aliphatic heterocycles. The molecule has 0 saturated carbocycles. The molecule has 0 aliphatic carbocycles. The highest BCUT2D eigenvalue weighted by Crippen LogP contribution is 2.20. The summed E-state index contributed by atoms with van der Waals surface area (Å²) in [4.78, 5) is 53.2. The molecule has 2 aromatic carbocycles. The van der Waals surface area contributed by atoms with Crippen LogP contribution in [0.15, 0.2) is 47.6 Å². The molecule has 0 aromatic heterocycles. The number of carboxylic acid groups (broad SMARTS) is 1. The van der Waals surface area contributed by atoms with E-state index in [4.69, 9.17) is 9.94 Å². The molecule has 9 heteroatoms. The van der Waals surface area contributed by atoms with E-state index in [0.29, 0.717) is 11.3 Å². The van der Waals surface area contributed by atoms with Crippen LogP contribution in [-0.4, -0.2) is 52.6 Å². The number of ketones is 1. The van der Waals surface area contributed by atoms with Crippen molar-refractivity contribution in [3.8, 4) is 0 Å². The Labute approximate surface area is 191 Å². The maximum atomic E-state index is 12.9. The number of carboxylic acids is 1. The summed E-state index contributed by atoms with van der Waals surface area (Å²) in [6, 6.07) is 11.6. The summed E-state index contributed by atoms with van der Waals surface area (Å²) in [6.07, 6.45) is -1.41. The molecule has 3 atom stereocenters. The molecule has 3 N–H and O–H groups in total. The summed E-state index contributed by atoms with van der Waals surface area (Å²) in [6.45, 7) is 5.04. The molecule has 0 fully saturated rings. The van der Waals surface area contributed by atoms with Crippen LogP contribution in [0.3, 0.4) is 0 Å². The van der Waals surface area contributed by atoms with Crippen molar-refractivity contribution in [3.05, 3.63) is 48.0 Å². The fraction of sp³-hybridized carbons (Fsp3) is 0.375. The van der Waals surface area contributed by atoms with Crippen molar-refractivity contribution in [3.63, 3.8) is 0 Å². The summed E-state index contributed by atoms with van der Waals surface area (Å²) >= 11 is 0. The molecule has 0 bridgehead atoms. The fourth-order valence-electron chi connectivity index (χ4n) is 3.65. The number of nitrogens with zero attached hydrogens (tertiary/aromatic N) is 1. The monoisotopic (exact) mass is 453 g/mol. The third kappa shape index (κ3) is 5.94. The maximum Gasteiger partial charge on any atom is 0.305 e. The Balaban J connectivity index is 1.66. The molecule has 1 unspecified atom stereocenters. The third-order valence-corrected chi connectivity index (χ3v) is 5.49. The second-order valence-corrected chi connectivity index (χ2v) is 8.41. The predicted molar refractivity (Wildman–Crippen MR) is 122 cm³/mol. The molecule has 0 radical (unpaired) electrons. The van der Waals surface area contributed by atoms with E-state index in [2.05, 4.69) is 15.8 Å². The van der Waals surface area contributed by atoms with Crippen LogP contribution in [0.4, 0.5) is 0 Å². The Kier molecular flexibility index (Phi) is 7.42. The zero-order valence-electron chi connectivity index (χ0n) is 18.7. The topological polar surface area (TPSA) is 134 Å². The molecule has 0 spiro atoms. The van der Waals surface area contributed by atoms with Gasteiger partial charge in [-0.2, -0.15) is 0 Å². The zero-order chi connectivity index (χ0) is 24.1. The van der Waals surface area contributed by atoms with Crippen LogP contribution in [0, 0.1) is 5.92 Å². The Morgan fingerprint density at radius 2 is 1.79 bits per heavy atom. The Hall–Kier alpha value is -3.75. The summed E-state index contributed by atoms with van der Waals surface area (Å²) in [7, 11) is 0.